The maximum Gasteiger partial charge on any atom is 0.341 e. The number of benzene rings is 1. The highest BCUT2D eigenvalue weighted by Gasteiger charge is 2.53. The predicted octanol–water partition coefficient (Wildman–Crippen LogP) is 2.84. The van der Waals surface area contributed by atoms with Crippen molar-refractivity contribution in [1.29, 1.82) is 0 Å². The van der Waals surface area contributed by atoms with E-state index in [1.54, 1.807) is 12.3 Å². The van der Waals surface area contributed by atoms with E-state index in [4.69, 9.17) is 9.47 Å². The lowest BCUT2D eigenvalue weighted by Crippen LogP contribution is -2.46. The molecule has 0 aliphatic carbocycles. The molecule has 30 heavy (non-hydrogen) atoms. The molecule has 9 heteroatoms. The van der Waals surface area contributed by atoms with Crippen LogP contribution in [0.1, 0.15) is 30.1 Å². The van der Waals surface area contributed by atoms with Gasteiger partial charge in [0.1, 0.15) is 10.6 Å². The van der Waals surface area contributed by atoms with E-state index < -0.39 is 41.9 Å². The number of nitrogens with one attached hydrogen (secondary N) is 1. The number of fused-ring (bicyclic) bond motifs is 2. The minimum Gasteiger partial charge on any atom is -0.550 e. The lowest BCUT2D eigenvalue weighted by molar-refractivity contribution is -0.313. The standard InChI is InChI=1S/C21H20BrNO6S/c1-2-28-21(27)15-12(10-4-3-5-11(22)8-10)9-30-19(15)23-18(24)16-13-6-7-14(29-13)17(16)20(25)26/h3-5,8-9,13-14,16-17H,2,6-7H2,1H3,(H,23,24)(H,25,26)/p-1/t13-,14+,16+,17+/m1/s1. The number of aliphatic carboxylic acids is 1. The van der Waals surface area contributed by atoms with Crippen molar-refractivity contribution in [2.45, 2.75) is 32.0 Å². The molecule has 2 aromatic rings. The molecule has 7 nitrogen and oxygen atoms in total. The molecule has 1 aromatic heterocycles. The second-order valence-electron chi connectivity index (χ2n) is 7.23. The van der Waals surface area contributed by atoms with E-state index in [0.717, 1.165) is 10.0 Å². The highest BCUT2D eigenvalue weighted by molar-refractivity contribution is 9.10. The van der Waals surface area contributed by atoms with Gasteiger partial charge in [-0.05, 0) is 37.5 Å². The maximum absolute atomic E-state index is 13.0. The summed E-state index contributed by atoms with van der Waals surface area (Å²) in [5.74, 6) is -4.15. The first-order chi connectivity index (χ1) is 14.4. The summed E-state index contributed by atoms with van der Waals surface area (Å²) in [5.41, 5.74) is 1.68. The summed E-state index contributed by atoms with van der Waals surface area (Å²) in [7, 11) is 0. The molecule has 1 amide bonds. The predicted molar refractivity (Wildman–Crippen MR) is 112 cm³/mol. The summed E-state index contributed by atoms with van der Waals surface area (Å²) in [6.07, 6.45) is 0.285. The van der Waals surface area contributed by atoms with Crippen LogP contribution in [-0.4, -0.2) is 36.7 Å². The molecule has 0 unspecified atom stereocenters. The van der Waals surface area contributed by atoms with Gasteiger partial charge in [-0.3, -0.25) is 4.79 Å². The molecule has 4 atom stereocenters. The van der Waals surface area contributed by atoms with Crippen LogP contribution < -0.4 is 10.4 Å². The third-order valence-electron chi connectivity index (χ3n) is 5.49. The molecule has 1 aromatic carbocycles. The summed E-state index contributed by atoms with van der Waals surface area (Å²) in [4.78, 5) is 37.3. The number of esters is 1. The summed E-state index contributed by atoms with van der Waals surface area (Å²) in [6, 6.07) is 7.45. The zero-order chi connectivity index (χ0) is 21.4. The quantitative estimate of drug-likeness (QED) is 0.621. The van der Waals surface area contributed by atoms with Crippen molar-refractivity contribution in [3.8, 4) is 11.1 Å². The molecule has 2 saturated heterocycles. The number of anilines is 1. The summed E-state index contributed by atoms with van der Waals surface area (Å²) in [6.45, 7) is 1.89. The average molecular weight is 493 g/mol. The van der Waals surface area contributed by atoms with E-state index in [9.17, 15) is 19.5 Å². The fourth-order valence-electron chi connectivity index (χ4n) is 4.23. The first-order valence-electron chi connectivity index (χ1n) is 9.62. The van der Waals surface area contributed by atoms with E-state index in [2.05, 4.69) is 21.2 Å². The van der Waals surface area contributed by atoms with E-state index in [1.165, 1.54) is 11.3 Å². The molecular formula is C21H19BrNO6S-. The molecule has 4 rings (SSSR count). The molecule has 2 bridgehead atoms. The van der Waals surface area contributed by atoms with E-state index in [0.29, 0.717) is 23.4 Å². The monoisotopic (exact) mass is 492 g/mol. The van der Waals surface area contributed by atoms with Crippen molar-refractivity contribution < 1.29 is 29.0 Å². The molecule has 1 N–H and O–H groups in total. The lowest BCUT2D eigenvalue weighted by Gasteiger charge is -2.27. The van der Waals surface area contributed by atoms with Crippen LogP contribution in [0.5, 0.6) is 0 Å². The number of carbonyl (C=O) groups is 3. The van der Waals surface area contributed by atoms with E-state index in [-0.39, 0.29) is 12.2 Å². The van der Waals surface area contributed by atoms with Gasteiger partial charge in [0.2, 0.25) is 5.91 Å². The highest BCUT2D eigenvalue weighted by Crippen LogP contribution is 2.44. The van der Waals surface area contributed by atoms with Crippen molar-refractivity contribution >= 4 is 50.1 Å². The molecule has 2 aliphatic heterocycles. The minimum absolute atomic E-state index is 0.187. The number of carboxylic acid groups (broad SMARTS) is 1. The molecule has 0 spiro atoms. The summed E-state index contributed by atoms with van der Waals surface area (Å²) < 4.78 is 11.7. The van der Waals surface area contributed by atoms with Gasteiger partial charge in [-0.2, -0.15) is 0 Å². The second kappa shape index (κ2) is 8.49. The Bertz CT molecular complexity index is 1010. The minimum atomic E-state index is -1.28. The normalized spacial score (nSPS) is 24.6. The molecule has 0 radical (unpaired) electrons. The Kier molecular flexibility index (Phi) is 5.95. The van der Waals surface area contributed by atoms with Gasteiger partial charge < -0.3 is 24.7 Å². The fraction of sp³-hybridized carbons (Fsp3) is 0.381. The Morgan fingerprint density at radius 2 is 2.00 bits per heavy atom. The van der Waals surface area contributed by atoms with Gasteiger partial charge in [0.05, 0.1) is 24.7 Å². The average Bonchev–Trinajstić information content (AvgIpc) is 3.42. The van der Waals surface area contributed by atoms with Crippen LogP contribution >= 0.6 is 27.3 Å². The highest BCUT2D eigenvalue weighted by atomic mass is 79.9. The lowest BCUT2D eigenvalue weighted by atomic mass is 9.79. The molecular weight excluding hydrogens is 474 g/mol. The number of amides is 1. The third kappa shape index (κ3) is 3.77. The number of thiophene rings is 1. The summed E-state index contributed by atoms with van der Waals surface area (Å²) >= 11 is 4.62. The van der Waals surface area contributed by atoms with Crippen LogP contribution in [0.15, 0.2) is 34.1 Å². The van der Waals surface area contributed by atoms with Crippen LogP contribution in [0.2, 0.25) is 0 Å². The third-order valence-corrected chi connectivity index (χ3v) is 6.88. The van der Waals surface area contributed by atoms with Crippen LogP contribution in [-0.2, 0) is 19.1 Å². The molecule has 2 aliphatic rings. The number of ether oxygens (including phenoxy) is 2. The van der Waals surface area contributed by atoms with Crippen LogP contribution in [0.4, 0.5) is 5.00 Å². The van der Waals surface area contributed by atoms with Crippen molar-refractivity contribution in [2.24, 2.45) is 11.8 Å². The number of carbonyl (C=O) groups excluding carboxylic acids is 3. The molecule has 158 valence electrons. The molecule has 2 fully saturated rings. The smallest absolute Gasteiger partial charge is 0.341 e. The first kappa shape index (κ1) is 21.0. The topological polar surface area (TPSA) is 105 Å². The summed E-state index contributed by atoms with van der Waals surface area (Å²) in [5, 5.41) is 16.5. The van der Waals surface area contributed by atoms with Gasteiger partial charge in [0.25, 0.3) is 0 Å². The molecule has 3 heterocycles. The van der Waals surface area contributed by atoms with Crippen molar-refractivity contribution in [1.82, 2.24) is 0 Å². The fourth-order valence-corrected chi connectivity index (χ4v) is 5.59. The number of carboxylic acids is 1. The molecule has 0 saturated carbocycles. The number of hydrogen-bond donors (Lipinski definition) is 1. The van der Waals surface area contributed by atoms with Crippen molar-refractivity contribution in [3.63, 3.8) is 0 Å². The Morgan fingerprint density at radius 3 is 2.67 bits per heavy atom. The Labute approximate surface area is 185 Å². The Balaban J connectivity index is 1.66. The zero-order valence-electron chi connectivity index (χ0n) is 16.1. The van der Waals surface area contributed by atoms with Gasteiger partial charge in [-0.1, -0.05) is 28.1 Å². The second-order valence-corrected chi connectivity index (χ2v) is 9.03. The maximum atomic E-state index is 13.0. The van der Waals surface area contributed by atoms with Crippen LogP contribution in [0.3, 0.4) is 0 Å². The van der Waals surface area contributed by atoms with E-state index >= 15 is 0 Å². The number of rotatable bonds is 6. The van der Waals surface area contributed by atoms with Crippen molar-refractivity contribution in [2.75, 3.05) is 11.9 Å². The first-order valence-corrected chi connectivity index (χ1v) is 11.3. The largest absolute Gasteiger partial charge is 0.550 e. The van der Waals surface area contributed by atoms with Gasteiger partial charge in [-0.25, -0.2) is 4.79 Å². The van der Waals surface area contributed by atoms with Crippen LogP contribution in [0.25, 0.3) is 11.1 Å². The van der Waals surface area contributed by atoms with Gasteiger partial charge in [0, 0.05) is 27.3 Å². The van der Waals surface area contributed by atoms with Gasteiger partial charge in [-0.15, -0.1) is 11.3 Å². The SMILES string of the molecule is CCOC(=O)c1c(-c2cccc(Br)c2)csc1NC(=O)[C@@H]1[C@@H](C(=O)[O-])[C@@H]2CC[C@H]1O2. The Morgan fingerprint density at radius 1 is 1.27 bits per heavy atom. The Hall–Kier alpha value is -2.23. The number of halogens is 1. The van der Waals surface area contributed by atoms with Gasteiger partial charge >= 0.3 is 5.97 Å². The zero-order valence-corrected chi connectivity index (χ0v) is 18.5. The van der Waals surface area contributed by atoms with Crippen molar-refractivity contribution in [3.05, 3.63) is 39.7 Å². The number of hydrogen-bond acceptors (Lipinski definition) is 7. The van der Waals surface area contributed by atoms with E-state index in [1.807, 2.05) is 24.3 Å². The van der Waals surface area contributed by atoms with Gasteiger partial charge in [0.15, 0.2) is 0 Å². The van der Waals surface area contributed by atoms with Crippen LogP contribution in [0, 0.1) is 11.8 Å².